The summed E-state index contributed by atoms with van der Waals surface area (Å²) in [5.41, 5.74) is 8.16. The molecule has 166 valence electrons. The van der Waals surface area contributed by atoms with Gasteiger partial charge in [0.15, 0.2) is 11.5 Å². The summed E-state index contributed by atoms with van der Waals surface area (Å²) in [6, 6.07) is 11.1. The molecule has 1 atom stereocenters. The number of nitriles is 1. The SMILES string of the molecule is COc1ccc(-c2[nH]nc3c2C2(C(=O)Nc4ccc(C)c(Br)c42)C(C#N)=C(N)O3)cc1OC. The Bertz CT molecular complexity index is 1420. The largest absolute Gasteiger partial charge is 0.493 e. The van der Waals surface area contributed by atoms with E-state index in [2.05, 4.69) is 37.5 Å². The van der Waals surface area contributed by atoms with Gasteiger partial charge in [-0.05, 0) is 36.8 Å². The Labute approximate surface area is 197 Å². The molecule has 10 heteroatoms. The Morgan fingerprint density at radius 3 is 2.64 bits per heavy atom. The summed E-state index contributed by atoms with van der Waals surface area (Å²) in [5.74, 6) is 0.563. The Kier molecular flexibility index (Phi) is 4.61. The van der Waals surface area contributed by atoms with Crippen LogP contribution in [0.1, 0.15) is 16.7 Å². The maximum atomic E-state index is 13.7. The Balaban J connectivity index is 1.88. The first-order valence-electron chi connectivity index (χ1n) is 9.88. The number of aromatic nitrogens is 2. The molecule has 2 aromatic carbocycles. The molecule has 3 aromatic rings. The minimum atomic E-state index is -1.57. The number of carbonyl (C=O) groups excluding carboxylic acids is 1. The van der Waals surface area contributed by atoms with Crippen LogP contribution in [0.25, 0.3) is 11.3 Å². The number of anilines is 1. The number of hydrogen-bond acceptors (Lipinski definition) is 7. The highest BCUT2D eigenvalue weighted by Crippen LogP contribution is 2.57. The van der Waals surface area contributed by atoms with Gasteiger partial charge in [-0.15, -0.1) is 5.10 Å². The number of carbonyl (C=O) groups is 1. The predicted octanol–water partition coefficient (Wildman–Crippen LogP) is 3.49. The molecule has 1 aromatic heterocycles. The summed E-state index contributed by atoms with van der Waals surface area (Å²) in [4.78, 5) is 13.7. The molecule has 33 heavy (non-hydrogen) atoms. The number of methoxy groups -OCH3 is 2. The molecule has 0 saturated carbocycles. The number of nitrogens with zero attached hydrogens (tertiary/aromatic N) is 2. The number of benzene rings is 2. The van der Waals surface area contributed by atoms with Gasteiger partial charge >= 0.3 is 0 Å². The molecule has 9 nitrogen and oxygen atoms in total. The maximum Gasteiger partial charge on any atom is 0.245 e. The lowest BCUT2D eigenvalue weighted by atomic mass is 9.68. The van der Waals surface area contributed by atoms with Crippen LogP contribution in [0.5, 0.6) is 17.4 Å². The zero-order chi connectivity index (χ0) is 23.5. The number of nitrogens with one attached hydrogen (secondary N) is 2. The van der Waals surface area contributed by atoms with Crippen LogP contribution in [0.4, 0.5) is 5.69 Å². The van der Waals surface area contributed by atoms with Gasteiger partial charge in [0, 0.05) is 21.3 Å². The molecule has 5 rings (SSSR count). The summed E-state index contributed by atoms with van der Waals surface area (Å²) in [6.45, 7) is 1.91. The summed E-state index contributed by atoms with van der Waals surface area (Å²) in [5, 5.41) is 20.3. The van der Waals surface area contributed by atoms with Crippen molar-refractivity contribution in [2.45, 2.75) is 12.3 Å². The van der Waals surface area contributed by atoms with Gasteiger partial charge in [0.1, 0.15) is 17.1 Å². The molecule has 0 bridgehead atoms. The first-order valence-corrected chi connectivity index (χ1v) is 10.7. The molecule has 2 aliphatic rings. The first kappa shape index (κ1) is 20.9. The van der Waals surface area contributed by atoms with Crippen LogP contribution in [0.15, 0.2) is 46.3 Å². The number of hydrogen-bond donors (Lipinski definition) is 3. The second-order valence-electron chi connectivity index (χ2n) is 7.62. The fourth-order valence-corrected chi connectivity index (χ4v) is 5.15. The molecule has 0 aliphatic carbocycles. The molecule has 0 saturated heterocycles. The molecule has 2 aliphatic heterocycles. The number of H-pyrrole nitrogens is 1. The number of nitrogens with two attached hydrogens (primary N) is 1. The average molecular weight is 508 g/mol. The topological polar surface area (TPSA) is 135 Å². The van der Waals surface area contributed by atoms with Crippen molar-refractivity contribution in [1.82, 2.24) is 10.2 Å². The highest BCUT2D eigenvalue weighted by molar-refractivity contribution is 9.10. The van der Waals surface area contributed by atoms with Crippen molar-refractivity contribution in [3.05, 3.63) is 63.0 Å². The lowest BCUT2D eigenvalue weighted by Gasteiger charge is -2.32. The van der Waals surface area contributed by atoms with Crippen LogP contribution in [0.3, 0.4) is 0 Å². The zero-order valence-corrected chi connectivity index (χ0v) is 19.5. The third-order valence-electron chi connectivity index (χ3n) is 6.02. The standard InChI is InChI=1S/C23H18BrN5O4/c1-10-4-6-13-16(18(10)24)23(22(30)27-13)12(9-25)20(26)33-21-17(23)19(28-29-21)11-5-7-14(31-2)15(8-11)32-3/h4-8H,26H2,1-3H3,(H,27,30)(H,28,29). The molecule has 0 fully saturated rings. The van der Waals surface area contributed by atoms with E-state index in [-0.39, 0.29) is 17.3 Å². The fourth-order valence-electron chi connectivity index (χ4n) is 4.51. The minimum absolute atomic E-state index is 0.0133. The van der Waals surface area contributed by atoms with E-state index in [0.717, 1.165) is 5.56 Å². The van der Waals surface area contributed by atoms with E-state index < -0.39 is 11.3 Å². The van der Waals surface area contributed by atoms with E-state index in [1.165, 1.54) is 7.11 Å². The van der Waals surface area contributed by atoms with Crippen molar-refractivity contribution in [1.29, 1.82) is 5.26 Å². The molecule has 1 spiro atoms. The summed E-state index contributed by atoms with van der Waals surface area (Å²) >= 11 is 3.64. The molecule has 0 radical (unpaired) electrons. The Morgan fingerprint density at radius 1 is 1.18 bits per heavy atom. The van der Waals surface area contributed by atoms with E-state index in [9.17, 15) is 10.1 Å². The van der Waals surface area contributed by atoms with Crippen molar-refractivity contribution in [2.24, 2.45) is 5.73 Å². The van der Waals surface area contributed by atoms with Gasteiger partial charge < -0.3 is 25.3 Å². The lowest BCUT2D eigenvalue weighted by Crippen LogP contribution is -2.42. The van der Waals surface area contributed by atoms with Crippen LogP contribution in [-0.2, 0) is 10.2 Å². The molecular formula is C23H18BrN5O4. The fraction of sp³-hybridized carbons (Fsp3) is 0.174. The van der Waals surface area contributed by atoms with Crippen LogP contribution in [-0.4, -0.2) is 30.3 Å². The number of ether oxygens (including phenoxy) is 3. The third kappa shape index (κ3) is 2.63. The van der Waals surface area contributed by atoms with E-state index >= 15 is 0 Å². The van der Waals surface area contributed by atoms with Gasteiger partial charge in [-0.25, -0.2) is 0 Å². The van der Waals surface area contributed by atoms with Crippen LogP contribution in [0, 0.1) is 18.3 Å². The number of halogens is 1. The molecule has 1 unspecified atom stereocenters. The van der Waals surface area contributed by atoms with Gasteiger partial charge in [-0.2, -0.15) is 5.26 Å². The second kappa shape index (κ2) is 7.28. The maximum absolute atomic E-state index is 13.7. The van der Waals surface area contributed by atoms with Crippen molar-refractivity contribution in [3.8, 4) is 34.7 Å². The second-order valence-corrected chi connectivity index (χ2v) is 8.42. The third-order valence-corrected chi connectivity index (χ3v) is 7.04. The van der Waals surface area contributed by atoms with Crippen LogP contribution in [0.2, 0.25) is 0 Å². The summed E-state index contributed by atoms with van der Waals surface area (Å²) in [7, 11) is 3.08. The average Bonchev–Trinajstić information content (AvgIpc) is 3.36. The molecular weight excluding hydrogens is 490 g/mol. The van der Waals surface area contributed by atoms with E-state index in [4.69, 9.17) is 19.9 Å². The highest BCUT2D eigenvalue weighted by Gasteiger charge is 2.59. The number of fused-ring (bicyclic) bond motifs is 4. The van der Waals surface area contributed by atoms with Gasteiger partial charge in [-0.1, -0.05) is 22.0 Å². The minimum Gasteiger partial charge on any atom is -0.493 e. The molecule has 3 heterocycles. The van der Waals surface area contributed by atoms with Crippen LogP contribution >= 0.6 is 15.9 Å². The van der Waals surface area contributed by atoms with Crippen molar-refractivity contribution < 1.29 is 19.0 Å². The number of rotatable bonds is 3. The van der Waals surface area contributed by atoms with Gasteiger partial charge in [0.2, 0.25) is 17.7 Å². The number of aromatic amines is 1. The van der Waals surface area contributed by atoms with Crippen molar-refractivity contribution in [3.63, 3.8) is 0 Å². The van der Waals surface area contributed by atoms with Crippen molar-refractivity contribution in [2.75, 3.05) is 19.5 Å². The number of amides is 1. The molecule has 4 N–H and O–H groups in total. The van der Waals surface area contributed by atoms with Gasteiger partial charge in [-0.3, -0.25) is 9.89 Å². The van der Waals surface area contributed by atoms with Crippen molar-refractivity contribution >= 4 is 27.5 Å². The van der Waals surface area contributed by atoms with E-state index in [0.29, 0.717) is 44.0 Å². The first-order chi connectivity index (χ1) is 15.9. The summed E-state index contributed by atoms with van der Waals surface area (Å²) in [6.07, 6.45) is 0. The Morgan fingerprint density at radius 2 is 1.94 bits per heavy atom. The molecule has 1 amide bonds. The van der Waals surface area contributed by atoms with Crippen LogP contribution < -0.4 is 25.3 Å². The smallest absolute Gasteiger partial charge is 0.245 e. The number of aryl methyl sites for hydroxylation is 1. The highest BCUT2D eigenvalue weighted by atomic mass is 79.9. The van der Waals surface area contributed by atoms with Gasteiger partial charge in [0.25, 0.3) is 0 Å². The summed E-state index contributed by atoms with van der Waals surface area (Å²) < 4.78 is 17.2. The lowest BCUT2D eigenvalue weighted by molar-refractivity contribution is -0.118. The zero-order valence-electron chi connectivity index (χ0n) is 17.9. The Hall–Kier alpha value is -3.97. The monoisotopic (exact) mass is 507 g/mol. The quantitative estimate of drug-likeness (QED) is 0.493. The van der Waals surface area contributed by atoms with E-state index in [1.807, 2.05) is 13.0 Å². The normalized spacial score (nSPS) is 18.3. The predicted molar refractivity (Wildman–Crippen MR) is 123 cm³/mol. The van der Waals surface area contributed by atoms with E-state index in [1.54, 1.807) is 31.4 Å². The van der Waals surface area contributed by atoms with Gasteiger partial charge in [0.05, 0.1) is 25.5 Å².